The first-order chi connectivity index (χ1) is 10.0. The van der Waals surface area contributed by atoms with Crippen LogP contribution in [0.15, 0.2) is 24.3 Å². The summed E-state index contributed by atoms with van der Waals surface area (Å²) in [6.07, 6.45) is 1.50. The SMILES string of the molecule is CCC[C@@]1(C(=O)OCC)O[C@H]1c1ccc(OC(C)C)cc1. The molecule has 4 heteroatoms. The van der Waals surface area contributed by atoms with E-state index in [9.17, 15) is 4.79 Å². The standard InChI is InChI=1S/C17H24O4/c1-5-11-17(16(18)19-6-2)15(21-17)13-7-9-14(10-8-13)20-12(3)4/h7-10,12,15H,5-6,11H2,1-4H3/t15-,17+/m0/s1. The first-order valence-electron chi connectivity index (χ1n) is 7.65. The zero-order valence-electron chi connectivity index (χ0n) is 13.2. The van der Waals surface area contributed by atoms with Gasteiger partial charge in [-0.2, -0.15) is 0 Å². The van der Waals surface area contributed by atoms with E-state index in [1.807, 2.05) is 52.0 Å². The van der Waals surface area contributed by atoms with Crippen molar-refractivity contribution in [2.45, 2.75) is 58.3 Å². The van der Waals surface area contributed by atoms with Crippen molar-refractivity contribution in [3.63, 3.8) is 0 Å². The predicted molar refractivity (Wildman–Crippen MR) is 80.3 cm³/mol. The Labute approximate surface area is 126 Å². The number of epoxide rings is 1. The van der Waals surface area contributed by atoms with Gasteiger partial charge in [0.15, 0.2) is 5.60 Å². The van der Waals surface area contributed by atoms with E-state index in [-0.39, 0.29) is 18.2 Å². The van der Waals surface area contributed by atoms with Gasteiger partial charge in [0.25, 0.3) is 0 Å². The summed E-state index contributed by atoms with van der Waals surface area (Å²) in [5, 5.41) is 0. The predicted octanol–water partition coefficient (Wildman–Crippen LogP) is 3.65. The lowest BCUT2D eigenvalue weighted by Crippen LogP contribution is -2.27. The monoisotopic (exact) mass is 292 g/mol. The summed E-state index contributed by atoms with van der Waals surface area (Å²) in [7, 11) is 0. The molecule has 1 saturated heterocycles. The number of ether oxygens (including phenoxy) is 3. The molecule has 1 aromatic carbocycles. The number of rotatable bonds is 7. The van der Waals surface area contributed by atoms with E-state index < -0.39 is 5.60 Å². The zero-order chi connectivity index (χ0) is 15.5. The van der Waals surface area contributed by atoms with E-state index in [0.717, 1.165) is 17.7 Å². The van der Waals surface area contributed by atoms with Crippen molar-refractivity contribution in [2.75, 3.05) is 6.61 Å². The minimum atomic E-state index is -0.787. The molecule has 0 aliphatic carbocycles. The van der Waals surface area contributed by atoms with Crippen LogP contribution in [-0.4, -0.2) is 24.3 Å². The van der Waals surface area contributed by atoms with Gasteiger partial charge in [0.2, 0.25) is 0 Å². The fraction of sp³-hybridized carbons (Fsp3) is 0.588. The topological polar surface area (TPSA) is 48.1 Å². The van der Waals surface area contributed by atoms with E-state index in [4.69, 9.17) is 14.2 Å². The minimum Gasteiger partial charge on any atom is -0.491 e. The maximum absolute atomic E-state index is 12.1. The Balaban J connectivity index is 2.10. The van der Waals surface area contributed by atoms with Crippen LogP contribution in [0, 0.1) is 0 Å². The zero-order valence-corrected chi connectivity index (χ0v) is 13.2. The van der Waals surface area contributed by atoms with E-state index >= 15 is 0 Å². The van der Waals surface area contributed by atoms with E-state index in [1.54, 1.807) is 0 Å². The van der Waals surface area contributed by atoms with E-state index in [1.165, 1.54) is 0 Å². The number of carbonyl (C=O) groups is 1. The lowest BCUT2D eigenvalue weighted by atomic mass is 9.95. The molecule has 1 aliphatic rings. The molecule has 1 fully saturated rings. The molecule has 0 N–H and O–H groups in total. The second-order valence-corrected chi connectivity index (χ2v) is 5.59. The highest BCUT2D eigenvalue weighted by molar-refractivity contribution is 5.83. The van der Waals surface area contributed by atoms with Crippen molar-refractivity contribution >= 4 is 5.97 Å². The van der Waals surface area contributed by atoms with Gasteiger partial charge in [-0.3, -0.25) is 0 Å². The molecule has 2 atom stereocenters. The highest BCUT2D eigenvalue weighted by Gasteiger charge is 2.63. The molecule has 0 saturated carbocycles. The van der Waals surface area contributed by atoms with Gasteiger partial charge >= 0.3 is 5.97 Å². The van der Waals surface area contributed by atoms with Gasteiger partial charge in [-0.25, -0.2) is 4.79 Å². The van der Waals surface area contributed by atoms with Crippen molar-refractivity contribution in [3.05, 3.63) is 29.8 Å². The first-order valence-corrected chi connectivity index (χ1v) is 7.65. The molecule has 21 heavy (non-hydrogen) atoms. The second-order valence-electron chi connectivity index (χ2n) is 5.59. The van der Waals surface area contributed by atoms with Crippen LogP contribution in [0.1, 0.15) is 52.2 Å². The molecule has 0 unspecified atom stereocenters. The molecule has 0 aromatic heterocycles. The van der Waals surface area contributed by atoms with Crippen LogP contribution in [0.4, 0.5) is 0 Å². The molecular weight excluding hydrogens is 268 g/mol. The Bertz CT molecular complexity index is 480. The summed E-state index contributed by atoms with van der Waals surface area (Å²) in [4.78, 5) is 12.1. The van der Waals surface area contributed by atoms with Crippen LogP contribution in [0.3, 0.4) is 0 Å². The Kier molecular flexibility index (Phi) is 4.88. The van der Waals surface area contributed by atoms with E-state index in [0.29, 0.717) is 13.0 Å². The van der Waals surface area contributed by atoms with Gasteiger partial charge in [0.1, 0.15) is 11.9 Å². The third-order valence-electron chi connectivity index (χ3n) is 3.49. The van der Waals surface area contributed by atoms with E-state index in [2.05, 4.69) is 0 Å². The van der Waals surface area contributed by atoms with Crippen molar-refractivity contribution in [2.24, 2.45) is 0 Å². The average Bonchev–Trinajstić information content (AvgIpc) is 3.15. The second kappa shape index (κ2) is 6.48. The van der Waals surface area contributed by atoms with Crippen molar-refractivity contribution in [1.82, 2.24) is 0 Å². The summed E-state index contributed by atoms with van der Waals surface area (Å²) in [6, 6.07) is 7.75. The van der Waals surface area contributed by atoms with Gasteiger partial charge in [0, 0.05) is 0 Å². The Morgan fingerprint density at radius 2 is 1.95 bits per heavy atom. The van der Waals surface area contributed by atoms with Crippen molar-refractivity contribution < 1.29 is 19.0 Å². The summed E-state index contributed by atoms with van der Waals surface area (Å²) >= 11 is 0. The maximum atomic E-state index is 12.1. The molecule has 1 aliphatic heterocycles. The molecule has 1 heterocycles. The fourth-order valence-electron chi connectivity index (χ4n) is 2.58. The summed E-state index contributed by atoms with van der Waals surface area (Å²) in [6.45, 7) is 8.21. The number of hydrogen-bond donors (Lipinski definition) is 0. The van der Waals surface area contributed by atoms with Crippen LogP contribution in [0.2, 0.25) is 0 Å². The van der Waals surface area contributed by atoms with Crippen molar-refractivity contribution in [3.8, 4) is 5.75 Å². The Hall–Kier alpha value is -1.55. The van der Waals surface area contributed by atoms with Crippen LogP contribution in [0.25, 0.3) is 0 Å². The van der Waals surface area contributed by atoms with Crippen LogP contribution < -0.4 is 4.74 Å². The average molecular weight is 292 g/mol. The normalized spacial score (nSPS) is 24.0. The third kappa shape index (κ3) is 3.38. The highest BCUT2D eigenvalue weighted by Crippen LogP contribution is 2.53. The number of carbonyl (C=O) groups excluding carboxylic acids is 1. The van der Waals surface area contributed by atoms with Gasteiger partial charge in [-0.1, -0.05) is 25.5 Å². The summed E-state index contributed by atoms with van der Waals surface area (Å²) < 4.78 is 16.5. The van der Waals surface area contributed by atoms with Crippen LogP contribution in [-0.2, 0) is 14.3 Å². The minimum absolute atomic E-state index is 0.145. The van der Waals surface area contributed by atoms with Crippen molar-refractivity contribution in [1.29, 1.82) is 0 Å². The molecule has 0 spiro atoms. The first kappa shape index (κ1) is 15.8. The summed E-state index contributed by atoms with van der Waals surface area (Å²) in [5.41, 5.74) is 0.207. The fourth-order valence-corrected chi connectivity index (χ4v) is 2.58. The molecule has 2 rings (SSSR count). The lowest BCUT2D eigenvalue weighted by Gasteiger charge is -2.12. The Morgan fingerprint density at radius 3 is 2.48 bits per heavy atom. The molecular formula is C17H24O4. The highest BCUT2D eigenvalue weighted by atomic mass is 16.7. The van der Waals surface area contributed by atoms with Gasteiger partial charge in [0.05, 0.1) is 12.7 Å². The smallest absolute Gasteiger partial charge is 0.341 e. The lowest BCUT2D eigenvalue weighted by molar-refractivity contribution is -0.149. The van der Waals surface area contributed by atoms with Crippen LogP contribution in [0.5, 0.6) is 5.75 Å². The number of benzene rings is 1. The molecule has 1 aromatic rings. The van der Waals surface area contributed by atoms with Gasteiger partial charge in [-0.05, 0) is 44.9 Å². The quantitative estimate of drug-likeness (QED) is 0.568. The molecule has 0 bridgehead atoms. The molecule has 116 valence electrons. The summed E-state index contributed by atoms with van der Waals surface area (Å²) in [5.74, 6) is 0.575. The molecule has 4 nitrogen and oxygen atoms in total. The third-order valence-corrected chi connectivity index (χ3v) is 3.49. The number of esters is 1. The van der Waals surface area contributed by atoms with Gasteiger partial charge < -0.3 is 14.2 Å². The maximum Gasteiger partial charge on any atom is 0.341 e. The van der Waals surface area contributed by atoms with Gasteiger partial charge in [-0.15, -0.1) is 0 Å². The molecule has 0 amide bonds. The molecule has 0 radical (unpaired) electrons. The largest absolute Gasteiger partial charge is 0.491 e. The Morgan fingerprint density at radius 1 is 1.29 bits per heavy atom. The number of hydrogen-bond acceptors (Lipinski definition) is 4. The van der Waals surface area contributed by atoms with Crippen LogP contribution >= 0.6 is 0 Å².